The second kappa shape index (κ2) is 13.9. The Bertz CT molecular complexity index is 536. The average molecular weight is 462 g/mol. The van der Waals surface area contributed by atoms with Crippen molar-refractivity contribution in [2.45, 2.75) is 26.8 Å². The van der Waals surface area contributed by atoms with Gasteiger partial charge in [0.15, 0.2) is 5.96 Å². The summed E-state index contributed by atoms with van der Waals surface area (Å²) < 4.78 is 5.57. The lowest BCUT2D eigenvalue weighted by Gasteiger charge is -2.13. The number of amides is 1. The van der Waals surface area contributed by atoms with Crippen LogP contribution in [0.3, 0.4) is 0 Å². The maximum atomic E-state index is 11.6. The van der Waals surface area contributed by atoms with Crippen molar-refractivity contribution in [3.63, 3.8) is 0 Å². The molecule has 0 saturated heterocycles. The first-order chi connectivity index (χ1) is 11.6. The quantitative estimate of drug-likeness (QED) is 0.228. The van der Waals surface area contributed by atoms with Gasteiger partial charge in [-0.15, -0.1) is 24.0 Å². The molecule has 7 heteroatoms. The number of ether oxygens (including phenoxy) is 1. The monoisotopic (exact) mass is 462 g/mol. The lowest BCUT2D eigenvalue weighted by Crippen LogP contribution is -2.38. The van der Waals surface area contributed by atoms with Crippen LogP contribution >= 0.6 is 24.0 Å². The zero-order valence-electron chi connectivity index (χ0n) is 15.6. The molecule has 0 unspecified atom stereocenters. The lowest BCUT2D eigenvalue weighted by atomic mass is 10.1. The van der Waals surface area contributed by atoms with Crippen LogP contribution in [0.5, 0.6) is 0 Å². The van der Waals surface area contributed by atoms with Crippen LogP contribution in [-0.4, -0.2) is 45.7 Å². The summed E-state index contributed by atoms with van der Waals surface area (Å²) in [7, 11) is 3.36. The van der Waals surface area contributed by atoms with Crippen LogP contribution in [0.25, 0.3) is 0 Å². The standard InChI is InChI=1S/C18H30N4O2.HI/c1-14(2)8-10-24-11-9-21-18(20-4)22-13-15-6-5-7-16(12-15)17(23)19-3;/h5-7,12,14H,8-11,13H2,1-4H3,(H,19,23)(H2,20,21,22);1H. The molecular weight excluding hydrogens is 431 g/mol. The third-order valence-electron chi connectivity index (χ3n) is 3.48. The lowest BCUT2D eigenvalue weighted by molar-refractivity contribution is 0.0963. The van der Waals surface area contributed by atoms with Crippen LogP contribution < -0.4 is 16.0 Å². The number of benzene rings is 1. The molecule has 1 amide bonds. The summed E-state index contributed by atoms with van der Waals surface area (Å²) in [5.74, 6) is 1.30. The number of hydrogen-bond acceptors (Lipinski definition) is 3. The number of nitrogens with one attached hydrogen (secondary N) is 3. The molecule has 6 nitrogen and oxygen atoms in total. The van der Waals surface area contributed by atoms with Crippen LogP contribution in [0.2, 0.25) is 0 Å². The van der Waals surface area contributed by atoms with Gasteiger partial charge in [-0.2, -0.15) is 0 Å². The average Bonchev–Trinajstić information content (AvgIpc) is 2.59. The number of carbonyl (C=O) groups excluding carboxylic acids is 1. The molecule has 1 aromatic rings. The molecule has 3 N–H and O–H groups in total. The molecule has 0 aliphatic heterocycles. The molecule has 1 rings (SSSR count). The van der Waals surface area contributed by atoms with E-state index in [1.165, 1.54) is 0 Å². The second-order valence-corrected chi connectivity index (χ2v) is 5.93. The molecule has 0 aliphatic rings. The Morgan fingerprint density at radius 2 is 2.00 bits per heavy atom. The Labute approximate surface area is 168 Å². The predicted octanol–water partition coefficient (Wildman–Crippen LogP) is 2.39. The third kappa shape index (κ3) is 10.3. The van der Waals surface area contributed by atoms with Gasteiger partial charge in [0.2, 0.25) is 0 Å². The topological polar surface area (TPSA) is 74.8 Å². The van der Waals surface area contributed by atoms with E-state index in [4.69, 9.17) is 4.74 Å². The Balaban J connectivity index is 0.00000576. The summed E-state index contributed by atoms with van der Waals surface area (Å²) in [4.78, 5) is 15.8. The van der Waals surface area contributed by atoms with Gasteiger partial charge in [-0.05, 0) is 30.0 Å². The molecule has 0 radical (unpaired) electrons. The summed E-state index contributed by atoms with van der Waals surface area (Å²) in [6.07, 6.45) is 1.08. The molecule has 25 heavy (non-hydrogen) atoms. The number of rotatable bonds is 9. The fraction of sp³-hybridized carbons (Fsp3) is 0.556. The van der Waals surface area contributed by atoms with Crippen molar-refractivity contribution in [1.82, 2.24) is 16.0 Å². The molecule has 0 bridgehead atoms. The summed E-state index contributed by atoms with van der Waals surface area (Å²) in [6, 6.07) is 7.51. The van der Waals surface area contributed by atoms with Crippen molar-refractivity contribution in [2.75, 3.05) is 33.9 Å². The van der Waals surface area contributed by atoms with E-state index in [-0.39, 0.29) is 29.9 Å². The summed E-state index contributed by atoms with van der Waals surface area (Å²) in [6.45, 7) is 7.12. The number of halogens is 1. The van der Waals surface area contributed by atoms with E-state index in [0.717, 1.165) is 18.6 Å². The SMILES string of the molecule is CN=C(NCCOCCC(C)C)NCc1cccc(C(=O)NC)c1.I. The Hall–Kier alpha value is -1.35. The molecule has 0 atom stereocenters. The van der Waals surface area contributed by atoms with Crippen molar-refractivity contribution >= 4 is 35.8 Å². The molecule has 0 spiro atoms. The van der Waals surface area contributed by atoms with Crippen molar-refractivity contribution < 1.29 is 9.53 Å². The van der Waals surface area contributed by atoms with Gasteiger partial charge in [0, 0.05) is 39.4 Å². The van der Waals surface area contributed by atoms with Gasteiger partial charge in [-0.3, -0.25) is 9.79 Å². The minimum Gasteiger partial charge on any atom is -0.380 e. The number of nitrogens with zero attached hydrogens (tertiary/aromatic N) is 1. The third-order valence-corrected chi connectivity index (χ3v) is 3.48. The highest BCUT2D eigenvalue weighted by Crippen LogP contribution is 2.05. The highest BCUT2D eigenvalue weighted by molar-refractivity contribution is 14.0. The van der Waals surface area contributed by atoms with Crippen LogP contribution in [0.1, 0.15) is 36.2 Å². The summed E-state index contributed by atoms with van der Waals surface area (Å²) >= 11 is 0. The largest absolute Gasteiger partial charge is 0.380 e. The van der Waals surface area contributed by atoms with Gasteiger partial charge >= 0.3 is 0 Å². The van der Waals surface area contributed by atoms with E-state index >= 15 is 0 Å². The smallest absolute Gasteiger partial charge is 0.251 e. The number of guanidine groups is 1. The van der Waals surface area contributed by atoms with Crippen molar-refractivity contribution in [3.8, 4) is 0 Å². The van der Waals surface area contributed by atoms with Crippen molar-refractivity contribution in [1.29, 1.82) is 0 Å². The molecule has 0 heterocycles. The molecular formula is C18H31IN4O2. The first-order valence-electron chi connectivity index (χ1n) is 8.40. The molecule has 0 fully saturated rings. The highest BCUT2D eigenvalue weighted by atomic mass is 127. The molecule has 0 saturated carbocycles. The van der Waals surface area contributed by atoms with E-state index in [1.54, 1.807) is 20.2 Å². The van der Waals surface area contributed by atoms with Gasteiger partial charge in [-0.1, -0.05) is 26.0 Å². The summed E-state index contributed by atoms with van der Waals surface area (Å²) in [5, 5.41) is 9.07. The van der Waals surface area contributed by atoms with E-state index in [1.807, 2.05) is 18.2 Å². The molecule has 142 valence electrons. The molecule has 1 aromatic carbocycles. The van der Waals surface area contributed by atoms with Crippen LogP contribution in [0.4, 0.5) is 0 Å². The Morgan fingerprint density at radius 3 is 2.64 bits per heavy atom. The number of aliphatic imine (C=N–C) groups is 1. The minimum atomic E-state index is -0.0853. The van der Waals surface area contributed by atoms with Crippen LogP contribution in [0.15, 0.2) is 29.3 Å². The highest BCUT2D eigenvalue weighted by Gasteiger charge is 2.04. The van der Waals surface area contributed by atoms with E-state index in [2.05, 4.69) is 34.8 Å². The van der Waals surface area contributed by atoms with Gasteiger partial charge in [0.25, 0.3) is 5.91 Å². The van der Waals surface area contributed by atoms with Gasteiger partial charge in [-0.25, -0.2) is 0 Å². The van der Waals surface area contributed by atoms with Gasteiger partial charge < -0.3 is 20.7 Å². The van der Waals surface area contributed by atoms with E-state index in [9.17, 15) is 4.79 Å². The maximum absolute atomic E-state index is 11.6. The van der Waals surface area contributed by atoms with Crippen LogP contribution in [0, 0.1) is 5.92 Å². The minimum absolute atomic E-state index is 0. The fourth-order valence-corrected chi connectivity index (χ4v) is 2.04. The maximum Gasteiger partial charge on any atom is 0.251 e. The molecule has 0 aromatic heterocycles. The number of carbonyl (C=O) groups is 1. The molecule has 0 aliphatic carbocycles. The summed E-state index contributed by atoms with van der Waals surface area (Å²) in [5.41, 5.74) is 1.67. The normalized spacial score (nSPS) is 11.0. The van der Waals surface area contributed by atoms with Gasteiger partial charge in [0.1, 0.15) is 0 Å². The van der Waals surface area contributed by atoms with Crippen LogP contribution in [-0.2, 0) is 11.3 Å². The van der Waals surface area contributed by atoms with E-state index < -0.39 is 0 Å². The van der Waals surface area contributed by atoms with Crippen molar-refractivity contribution in [3.05, 3.63) is 35.4 Å². The predicted molar refractivity (Wildman–Crippen MR) is 114 cm³/mol. The Kier molecular flexibility index (Phi) is 13.1. The zero-order chi connectivity index (χ0) is 17.8. The first-order valence-corrected chi connectivity index (χ1v) is 8.40. The second-order valence-electron chi connectivity index (χ2n) is 5.93. The Morgan fingerprint density at radius 1 is 1.24 bits per heavy atom. The van der Waals surface area contributed by atoms with Gasteiger partial charge in [0.05, 0.1) is 6.61 Å². The van der Waals surface area contributed by atoms with E-state index in [0.29, 0.717) is 37.1 Å². The number of hydrogen-bond donors (Lipinski definition) is 3. The first kappa shape index (κ1) is 23.6. The van der Waals surface area contributed by atoms with Crippen molar-refractivity contribution in [2.24, 2.45) is 10.9 Å². The fourth-order valence-electron chi connectivity index (χ4n) is 2.04. The zero-order valence-corrected chi connectivity index (χ0v) is 17.9.